The number of anilines is 1. The van der Waals surface area contributed by atoms with Crippen LogP contribution in [0.15, 0.2) is 29.3 Å². The minimum Gasteiger partial charge on any atom is -0.497 e. The Labute approximate surface area is 169 Å². The Bertz CT molecular complexity index is 924. The topological polar surface area (TPSA) is 84.2 Å². The number of aromatic nitrogens is 1. The van der Waals surface area contributed by atoms with Gasteiger partial charge in [-0.05, 0) is 48.9 Å². The van der Waals surface area contributed by atoms with Crippen molar-refractivity contribution in [2.24, 2.45) is 5.92 Å². The van der Waals surface area contributed by atoms with Crippen LogP contribution in [0.5, 0.6) is 11.5 Å². The lowest BCUT2D eigenvalue weighted by Gasteiger charge is -2.21. The fourth-order valence-corrected chi connectivity index (χ4v) is 4.01. The zero-order valence-corrected chi connectivity index (χ0v) is 17.1. The van der Waals surface area contributed by atoms with Crippen LogP contribution in [0.25, 0.3) is 0 Å². The number of nitrogens with one attached hydrogen (secondary N) is 1. The Balaban J connectivity index is 1.69. The number of hydrogen-bond acceptors (Lipinski definition) is 6. The highest BCUT2D eigenvalue weighted by Gasteiger charge is 2.20. The molecule has 1 aliphatic carbocycles. The van der Waals surface area contributed by atoms with Crippen molar-refractivity contribution in [1.82, 2.24) is 4.98 Å². The summed E-state index contributed by atoms with van der Waals surface area (Å²) in [5.41, 5.74) is 3.32. The number of carbonyl (C=O) groups is 1. The third kappa shape index (κ3) is 4.57. The van der Waals surface area contributed by atoms with Gasteiger partial charge in [0, 0.05) is 11.8 Å². The summed E-state index contributed by atoms with van der Waals surface area (Å²) in [6, 6.07) is 9.35. The van der Waals surface area contributed by atoms with Crippen LogP contribution in [0.1, 0.15) is 30.2 Å². The van der Waals surface area contributed by atoms with E-state index < -0.39 is 0 Å². The average Bonchev–Trinajstić information content (AvgIpc) is 2.71. The maximum absolute atomic E-state index is 12.4. The van der Waals surface area contributed by atoms with Gasteiger partial charge in [0.2, 0.25) is 5.91 Å². The normalized spacial score (nSPS) is 15.3. The van der Waals surface area contributed by atoms with Crippen LogP contribution >= 0.6 is 11.8 Å². The number of hydrogen-bond donors (Lipinski definition) is 1. The molecular weight excluding hydrogens is 374 g/mol. The number of methoxy groups -OCH3 is 2. The summed E-state index contributed by atoms with van der Waals surface area (Å²) >= 11 is 1.28. The molecule has 0 fully saturated rings. The predicted molar refractivity (Wildman–Crippen MR) is 109 cm³/mol. The van der Waals surface area contributed by atoms with Gasteiger partial charge in [-0.15, -0.1) is 0 Å². The van der Waals surface area contributed by atoms with Gasteiger partial charge < -0.3 is 14.8 Å². The van der Waals surface area contributed by atoms with E-state index in [2.05, 4.69) is 23.3 Å². The largest absolute Gasteiger partial charge is 0.497 e. The molecule has 1 unspecified atom stereocenters. The summed E-state index contributed by atoms with van der Waals surface area (Å²) in [5, 5.41) is 12.9. The molecule has 1 heterocycles. The Morgan fingerprint density at radius 2 is 2.18 bits per heavy atom. The molecule has 0 spiro atoms. The van der Waals surface area contributed by atoms with Crippen molar-refractivity contribution >= 4 is 23.4 Å². The lowest BCUT2D eigenvalue weighted by atomic mass is 9.87. The molecule has 0 bridgehead atoms. The van der Waals surface area contributed by atoms with Crippen molar-refractivity contribution < 1.29 is 14.3 Å². The minimum atomic E-state index is -0.189. The van der Waals surface area contributed by atoms with E-state index in [1.165, 1.54) is 18.9 Å². The molecule has 0 aliphatic heterocycles. The highest BCUT2D eigenvalue weighted by atomic mass is 32.2. The van der Waals surface area contributed by atoms with Gasteiger partial charge >= 0.3 is 0 Å². The van der Waals surface area contributed by atoms with Crippen LogP contribution in [0.4, 0.5) is 5.69 Å². The second-order valence-electron chi connectivity index (χ2n) is 6.81. The summed E-state index contributed by atoms with van der Waals surface area (Å²) in [6.07, 6.45) is 2.98. The first-order chi connectivity index (χ1) is 13.5. The number of amides is 1. The molecule has 3 rings (SSSR count). The van der Waals surface area contributed by atoms with Gasteiger partial charge in [-0.3, -0.25) is 4.79 Å². The average molecular weight is 398 g/mol. The van der Waals surface area contributed by atoms with Crippen LogP contribution in [-0.2, 0) is 17.6 Å². The van der Waals surface area contributed by atoms with E-state index in [4.69, 9.17) is 9.47 Å². The summed E-state index contributed by atoms with van der Waals surface area (Å²) in [7, 11) is 3.11. The molecule has 1 aromatic heterocycles. The van der Waals surface area contributed by atoms with Crippen molar-refractivity contribution in [2.75, 3.05) is 25.3 Å². The van der Waals surface area contributed by atoms with Crippen molar-refractivity contribution in [3.05, 3.63) is 41.1 Å². The molecule has 1 atom stereocenters. The summed E-state index contributed by atoms with van der Waals surface area (Å²) in [6.45, 7) is 2.22. The summed E-state index contributed by atoms with van der Waals surface area (Å²) < 4.78 is 10.5. The zero-order valence-electron chi connectivity index (χ0n) is 16.2. The van der Waals surface area contributed by atoms with Crippen LogP contribution < -0.4 is 14.8 Å². The lowest BCUT2D eigenvalue weighted by molar-refractivity contribution is -0.113. The summed E-state index contributed by atoms with van der Waals surface area (Å²) in [5.74, 6) is 1.76. The fraction of sp³-hybridized carbons (Fsp3) is 0.381. The number of aryl methyl sites for hydroxylation is 1. The third-order valence-corrected chi connectivity index (χ3v) is 5.73. The molecule has 1 amide bonds. The van der Waals surface area contributed by atoms with E-state index in [9.17, 15) is 10.1 Å². The maximum atomic E-state index is 12.4. The second-order valence-corrected chi connectivity index (χ2v) is 7.77. The number of nitriles is 1. The number of ether oxygens (including phenoxy) is 2. The first kappa shape index (κ1) is 20.0. The van der Waals surface area contributed by atoms with E-state index in [-0.39, 0.29) is 11.7 Å². The molecule has 0 saturated carbocycles. The summed E-state index contributed by atoms with van der Waals surface area (Å²) in [4.78, 5) is 17.1. The number of carbonyl (C=O) groups excluding carboxylic acids is 1. The van der Waals surface area contributed by atoms with Gasteiger partial charge in [0.25, 0.3) is 0 Å². The number of thioether (sulfide) groups is 1. The fourth-order valence-electron chi connectivity index (χ4n) is 3.24. The van der Waals surface area contributed by atoms with Crippen LogP contribution in [0.2, 0.25) is 0 Å². The van der Waals surface area contributed by atoms with E-state index in [1.54, 1.807) is 25.3 Å². The molecule has 1 aliphatic rings. The molecule has 0 saturated heterocycles. The molecule has 146 valence electrons. The Hall–Kier alpha value is -2.72. The van der Waals surface area contributed by atoms with Crippen molar-refractivity contribution in [2.45, 2.75) is 31.2 Å². The number of pyridine rings is 1. The van der Waals surface area contributed by atoms with Gasteiger partial charge in [-0.1, -0.05) is 18.7 Å². The van der Waals surface area contributed by atoms with Crippen molar-refractivity contribution in [3.63, 3.8) is 0 Å². The smallest absolute Gasteiger partial charge is 0.234 e. The molecule has 1 N–H and O–H groups in total. The quantitative estimate of drug-likeness (QED) is 0.746. The number of benzene rings is 1. The van der Waals surface area contributed by atoms with Crippen molar-refractivity contribution in [1.29, 1.82) is 5.26 Å². The van der Waals surface area contributed by atoms with E-state index >= 15 is 0 Å². The van der Waals surface area contributed by atoms with Crippen LogP contribution in [0.3, 0.4) is 0 Å². The first-order valence-electron chi connectivity index (χ1n) is 9.11. The van der Waals surface area contributed by atoms with Gasteiger partial charge in [0.15, 0.2) is 0 Å². The first-order valence-corrected chi connectivity index (χ1v) is 10.1. The molecule has 6 nitrogen and oxygen atoms in total. The standard InChI is InChI=1S/C21H23N3O3S/c1-13-4-6-17-14(8-13)9-15(11-22)21(24-17)28-12-20(25)23-18-7-5-16(26-2)10-19(18)27-3/h5,7,9-10,13H,4,6,8,12H2,1-3H3,(H,23,25). The Morgan fingerprint density at radius 1 is 1.36 bits per heavy atom. The molecular formula is C21H23N3O3S. The molecule has 28 heavy (non-hydrogen) atoms. The molecule has 1 aromatic carbocycles. The van der Waals surface area contributed by atoms with Gasteiger partial charge in [-0.25, -0.2) is 4.98 Å². The monoisotopic (exact) mass is 397 g/mol. The highest BCUT2D eigenvalue weighted by Crippen LogP contribution is 2.31. The molecule has 2 aromatic rings. The predicted octanol–water partition coefficient (Wildman–Crippen LogP) is 3.83. The molecule has 0 radical (unpaired) electrons. The third-order valence-electron chi connectivity index (χ3n) is 4.74. The maximum Gasteiger partial charge on any atom is 0.234 e. The highest BCUT2D eigenvalue weighted by molar-refractivity contribution is 8.00. The van der Waals surface area contributed by atoms with Crippen molar-refractivity contribution in [3.8, 4) is 17.6 Å². The van der Waals surface area contributed by atoms with E-state index in [1.807, 2.05) is 6.07 Å². The number of nitrogens with zero attached hydrogens (tertiary/aromatic N) is 2. The van der Waals surface area contributed by atoms with Crippen LogP contribution in [0, 0.1) is 17.2 Å². The SMILES string of the molecule is COc1ccc(NC(=O)CSc2nc3c(cc2C#N)CC(C)CC3)c(OC)c1. The van der Waals surface area contributed by atoms with E-state index in [0.717, 1.165) is 30.5 Å². The minimum absolute atomic E-state index is 0.159. The van der Waals surface area contributed by atoms with Crippen LogP contribution in [-0.4, -0.2) is 30.9 Å². The second kappa shape index (κ2) is 8.98. The lowest BCUT2D eigenvalue weighted by Crippen LogP contribution is -2.16. The Kier molecular flexibility index (Phi) is 6.42. The number of rotatable bonds is 6. The zero-order chi connectivity index (χ0) is 20.1. The van der Waals surface area contributed by atoms with Gasteiger partial charge in [-0.2, -0.15) is 5.26 Å². The van der Waals surface area contributed by atoms with E-state index in [0.29, 0.717) is 33.7 Å². The van der Waals surface area contributed by atoms with Gasteiger partial charge in [0.05, 0.1) is 31.2 Å². The number of fused-ring (bicyclic) bond motifs is 1. The molecule has 7 heteroatoms. The van der Waals surface area contributed by atoms with Gasteiger partial charge in [0.1, 0.15) is 22.6 Å². The Morgan fingerprint density at radius 3 is 2.89 bits per heavy atom.